The Bertz CT molecular complexity index is 1240. The Morgan fingerprint density at radius 2 is 1.83 bits per heavy atom. The maximum Gasteiger partial charge on any atom is 0.238 e. The highest BCUT2D eigenvalue weighted by Gasteiger charge is 2.30. The molecule has 1 amide bonds. The third kappa shape index (κ3) is 5.53. The first kappa shape index (κ1) is 26.4. The first-order valence-corrected chi connectivity index (χ1v) is 14.8. The van der Waals surface area contributed by atoms with Crippen LogP contribution in [0.1, 0.15) is 74.9 Å². The summed E-state index contributed by atoms with van der Waals surface area (Å²) < 4.78 is 0. The number of rotatable bonds is 8. The number of nitrogens with one attached hydrogen (secondary N) is 1. The maximum atomic E-state index is 13.7. The minimum Gasteiger partial charge on any atom is -0.325 e. The fraction of sp³-hybridized carbons (Fsp3) is 0.433. The zero-order valence-electron chi connectivity index (χ0n) is 21.7. The van der Waals surface area contributed by atoms with Gasteiger partial charge in [0.05, 0.1) is 10.8 Å². The van der Waals surface area contributed by atoms with Crippen LogP contribution in [0, 0.1) is 17.2 Å². The molecule has 0 radical (unpaired) electrons. The number of aryl methyl sites for hydroxylation is 3. The minimum atomic E-state index is -0.362. The van der Waals surface area contributed by atoms with Crippen molar-refractivity contribution in [3.05, 3.63) is 63.7 Å². The van der Waals surface area contributed by atoms with Crippen molar-refractivity contribution in [2.75, 3.05) is 5.32 Å². The van der Waals surface area contributed by atoms with Gasteiger partial charge in [0, 0.05) is 21.8 Å². The van der Waals surface area contributed by atoms with E-state index in [1.807, 2.05) is 6.07 Å². The van der Waals surface area contributed by atoms with E-state index in [9.17, 15) is 10.1 Å². The number of carbonyl (C=O) groups is 1. The van der Waals surface area contributed by atoms with E-state index in [1.165, 1.54) is 23.7 Å². The Kier molecular flexibility index (Phi) is 8.87. The number of para-hydroxylation sites is 1. The van der Waals surface area contributed by atoms with Gasteiger partial charge in [0.2, 0.25) is 5.91 Å². The van der Waals surface area contributed by atoms with Crippen LogP contribution < -0.4 is 5.32 Å². The summed E-state index contributed by atoms with van der Waals surface area (Å²) in [7, 11) is 0. The molecule has 0 aliphatic heterocycles. The van der Waals surface area contributed by atoms with Crippen LogP contribution in [0.5, 0.6) is 0 Å². The summed E-state index contributed by atoms with van der Waals surface area (Å²) in [5.74, 6) is 0.0510. The molecular weight excluding hydrogens is 482 g/mol. The van der Waals surface area contributed by atoms with Crippen molar-refractivity contribution < 1.29 is 4.79 Å². The summed E-state index contributed by atoms with van der Waals surface area (Å²) in [5, 5.41) is 16.0. The second-order valence-corrected chi connectivity index (χ2v) is 11.8. The van der Waals surface area contributed by atoms with Crippen molar-refractivity contribution >= 4 is 34.7 Å². The number of aromatic nitrogens is 1. The number of thioether (sulfide) groups is 1. The Labute approximate surface area is 223 Å². The number of fused-ring (bicyclic) bond motifs is 1. The van der Waals surface area contributed by atoms with Gasteiger partial charge in [-0.2, -0.15) is 5.26 Å². The van der Waals surface area contributed by atoms with E-state index < -0.39 is 0 Å². The molecule has 3 aromatic rings. The molecule has 1 aliphatic rings. The Morgan fingerprint density at radius 1 is 1.11 bits per heavy atom. The molecule has 36 heavy (non-hydrogen) atoms. The van der Waals surface area contributed by atoms with Gasteiger partial charge in [-0.15, -0.1) is 11.3 Å². The monoisotopic (exact) mass is 517 g/mol. The van der Waals surface area contributed by atoms with Crippen LogP contribution in [-0.2, 0) is 30.5 Å². The average Bonchev–Trinajstić information content (AvgIpc) is 3.31. The van der Waals surface area contributed by atoms with Crippen LogP contribution >= 0.6 is 23.1 Å². The van der Waals surface area contributed by atoms with Gasteiger partial charge < -0.3 is 5.32 Å². The highest BCUT2D eigenvalue weighted by Crippen LogP contribution is 2.41. The van der Waals surface area contributed by atoms with Crippen molar-refractivity contribution in [2.24, 2.45) is 5.92 Å². The Morgan fingerprint density at radius 3 is 2.44 bits per heavy atom. The van der Waals surface area contributed by atoms with Crippen LogP contribution in [0.4, 0.5) is 5.69 Å². The number of anilines is 1. The molecule has 6 heteroatoms. The molecule has 2 aromatic heterocycles. The topological polar surface area (TPSA) is 65.8 Å². The number of amides is 1. The van der Waals surface area contributed by atoms with Crippen molar-refractivity contribution in [3.63, 3.8) is 0 Å². The second-order valence-electron chi connectivity index (χ2n) is 9.67. The van der Waals surface area contributed by atoms with Gasteiger partial charge in [0.1, 0.15) is 11.1 Å². The quantitative estimate of drug-likeness (QED) is 0.244. The van der Waals surface area contributed by atoms with Gasteiger partial charge in [-0.3, -0.25) is 4.79 Å². The molecule has 1 atom stereocenters. The summed E-state index contributed by atoms with van der Waals surface area (Å²) in [6.45, 7) is 8.37. The third-order valence-electron chi connectivity index (χ3n) is 6.92. The molecule has 0 unspecified atom stereocenters. The predicted octanol–water partition coefficient (Wildman–Crippen LogP) is 7.83. The lowest BCUT2D eigenvalue weighted by molar-refractivity contribution is -0.116. The van der Waals surface area contributed by atoms with Gasteiger partial charge in [0.25, 0.3) is 0 Å². The molecule has 188 valence electrons. The summed E-state index contributed by atoms with van der Waals surface area (Å²) >= 11 is 3.12. The first-order valence-electron chi connectivity index (χ1n) is 13.1. The number of pyridine rings is 1. The maximum absolute atomic E-state index is 13.7. The largest absolute Gasteiger partial charge is 0.325 e. The highest BCUT2D eigenvalue weighted by atomic mass is 32.2. The summed E-state index contributed by atoms with van der Waals surface area (Å²) in [6, 6.07) is 12.9. The second kappa shape index (κ2) is 12.1. The van der Waals surface area contributed by atoms with E-state index in [-0.39, 0.29) is 17.1 Å². The molecule has 0 saturated heterocycles. The van der Waals surface area contributed by atoms with Crippen LogP contribution in [0.25, 0.3) is 10.4 Å². The lowest BCUT2D eigenvalue weighted by Gasteiger charge is -2.23. The number of hydrogen-bond donors (Lipinski definition) is 1. The SMILES string of the molecule is CCc1cccc(CC)c1NC(=O)[C@H](Sc1nc2c(c(-c3cccs3)c1C#N)CCCCC2)C(C)C. The molecule has 0 fully saturated rings. The van der Waals surface area contributed by atoms with Crippen LogP contribution in [0.15, 0.2) is 40.7 Å². The van der Waals surface area contributed by atoms with Crippen molar-refractivity contribution in [1.82, 2.24) is 4.98 Å². The standard InChI is InChI=1S/C30H35N3OS2/c1-5-20-12-10-13-21(6-2)27(20)33-29(34)28(19(3)4)36-30-23(18-31)26(25-16-11-17-35-25)22-14-8-7-9-15-24(22)32-30/h10-13,16-17,19,28H,5-9,14-15H2,1-4H3,(H,33,34)/t28-/m1/s1. The molecule has 0 saturated carbocycles. The number of nitrogens with zero attached hydrogens (tertiary/aromatic N) is 2. The highest BCUT2D eigenvalue weighted by molar-refractivity contribution is 8.00. The minimum absolute atomic E-state index is 0.0242. The zero-order chi connectivity index (χ0) is 25.7. The molecular formula is C30H35N3OS2. The molecule has 1 aliphatic carbocycles. The van der Waals surface area contributed by atoms with Gasteiger partial charge in [-0.05, 0) is 72.6 Å². The van der Waals surface area contributed by atoms with E-state index in [0.29, 0.717) is 10.6 Å². The van der Waals surface area contributed by atoms with Crippen LogP contribution in [-0.4, -0.2) is 16.1 Å². The fourth-order valence-electron chi connectivity index (χ4n) is 4.99. The van der Waals surface area contributed by atoms with Crippen LogP contribution in [0.2, 0.25) is 0 Å². The van der Waals surface area contributed by atoms with E-state index in [1.54, 1.807) is 11.3 Å². The number of carbonyl (C=O) groups excluding carboxylic acids is 1. The van der Waals surface area contributed by atoms with E-state index >= 15 is 0 Å². The number of nitriles is 1. The summed E-state index contributed by atoms with van der Waals surface area (Å²) in [6.07, 6.45) is 7.01. The van der Waals surface area contributed by atoms with Crippen molar-refractivity contribution in [3.8, 4) is 16.5 Å². The van der Waals surface area contributed by atoms with E-state index in [4.69, 9.17) is 4.98 Å². The van der Waals surface area contributed by atoms with E-state index in [0.717, 1.165) is 71.5 Å². The first-order chi connectivity index (χ1) is 17.5. The molecule has 0 spiro atoms. The summed E-state index contributed by atoms with van der Waals surface area (Å²) in [5.41, 5.74) is 7.22. The van der Waals surface area contributed by atoms with Gasteiger partial charge in [-0.25, -0.2) is 4.98 Å². The average molecular weight is 518 g/mol. The number of thiophene rings is 1. The number of benzene rings is 1. The molecule has 1 N–H and O–H groups in total. The van der Waals surface area contributed by atoms with Gasteiger partial charge in [0.15, 0.2) is 0 Å². The lowest BCUT2D eigenvalue weighted by Crippen LogP contribution is -2.30. The Balaban J connectivity index is 1.75. The normalized spacial score (nSPS) is 14.1. The van der Waals surface area contributed by atoms with Crippen molar-refractivity contribution in [2.45, 2.75) is 82.9 Å². The fourth-order valence-corrected chi connectivity index (χ4v) is 6.90. The van der Waals surface area contributed by atoms with Gasteiger partial charge in [-0.1, -0.05) is 70.1 Å². The Hall–Kier alpha value is -2.62. The van der Waals surface area contributed by atoms with Crippen LogP contribution in [0.3, 0.4) is 0 Å². The predicted molar refractivity (Wildman–Crippen MR) is 152 cm³/mol. The number of hydrogen-bond acceptors (Lipinski definition) is 5. The summed E-state index contributed by atoms with van der Waals surface area (Å²) in [4.78, 5) is 19.9. The zero-order valence-corrected chi connectivity index (χ0v) is 23.3. The molecule has 4 nitrogen and oxygen atoms in total. The van der Waals surface area contributed by atoms with Gasteiger partial charge >= 0.3 is 0 Å². The molecule has 2 heterocycles. The molecule has 0 bridgehead atoms. The molecule has 1 aromatic carbocycles. The van der Waals surface area contributed by atoms with E-state index in [2.05, 4.69) is 68.7 Å². The van der Waals surface area contributed by atoms with Crippen molar-refractivity contribution in [1.29, 1.82) is 5.26 Å². The lowest BCUT2D eigenvalue weighted by atomic mass is 9.97. The molecule has 4 rings (SSSR count). The third-order valence-corrected chi connectivity index (χ3v) is 9.34. The smallest absolute Gasteiger partial charge is 0.238 e.